The number of amides is 1. The van der Waals surface area contributed by atoms with Crippen molar-refractivity contribution in [1.29, 1.82) is 0 Å². The number of piperazine rings is 1. The fourth-order valence-electron chi connectivity index (χ4n) is 5.16. The van der Waals surface area contributed by atoms with Gasteiger partial charge < -0.3 is 19.6 Å². The van der Waals surface area contributed by atoms with E-state index in [1.807, 2.05) is 17.7 Å². The van der Waals surface area contributed by atoms with E-state index in [4.69, 9.17) is 9.84 Å². The monoisotopic (exact) mass is 536 g/mol. The molecule has 0 unspecified atom stereocenters. The summed E-state index contributed by atoms with van der Waals surface area (Å²) >= 11 is 0. The summed E-state index contributed by atoms with van der Waals surface area (Å²) in [4.78, 5) is 24.4. The zero-order valence-electron chi connectivity index (χ0n) is 23.3. The number of benzene rings is 1. The third kappa shape index (κ3) is 6.01. The molecule has 1 aliphatic heterocycles. The SMILES string of the molecule is C[C@H]1CN(c2cc(-c3c4cc(CC5(C)CC5)ccc4nn3COCC[Si](C)(C)C)ncn2)CCN1C(=O)O. The Labute approximate surface area is 225 Å². The van der Waals surface area contributed by atoms with Gasteiger partial charge in [-0.1, -0.05) is 32.6 Å². The topological polar surface area (TPSA) is 96.6 Å². The number of hydrogen-bond donors (Lipinski definition) is 1. The molecule has 2 aromatic heterocycles. The Morgan fingerprint density at radius 1 is 1.18 bits per heavy atom. The van der Waals surface area contributed by atoms with Crippen LogP contribution in [0, 0.1) is 5.41 Å². The normalized spacial score (nSPS) is 19.2. The minimum atomic E-state index is -1.19. The van der Waals surface area contributed by atoms with Crippen LogP contribution < -0.4 is 4.90 Å². The number of rotatable bonds is 9. The molecule has 1 saturated heterocycles. The van der Waals surface area contributed by atoms with Crippen LogP contribution in [-0.4, -0.2) is 76.2 Å². The minimum Gasteiger partial charge on any atom is -0.465 e. The van der Waals surface area contributed by atoms with Gasteiger partial charge in [0, 0.05) is 51.8 Å². The molecule has 1 amide bonds. The van der Waals surface area contributed by atoms with Crippen molar-refractivity contribution < 1.29 is 14.6 Å². The van der Waals surface area contributed by atoms with Gasteiger partial charge in [0.15, 0.2) is 0 Å². The molecular weight excluding hydrogens is 496 g/mol. The van der Waals surface area contributed by atoms with Gasteiger partial charge in [0.2, 0.25) is 0 Å². The molecule has 3 aromatic rings. The van der Waals surface area contributed by atoms with Crippen LogP contribution >= 0.6 is 0 Å². The number of anilines is 1. The van der Waals surface area contributed by atoms with Crippen molar-refractivity contribution in [2.24, 2.45) is 5.41 Å². The number of fused-ring (bicyclic) bond motifs is 1. The fourth-order valence-corrected chi connectivity index (χ4v) is 5.92. The molecule has 0 spiro atoms. The van der Waals surface area contributed by atoms with Crippen LogP contribution in [0.15, 0.2) is 30.6 Å². The molecule has 9 nitrogen and oxygen atoms in total. The van der Waals surface area contributed by atoms with Crippen LogP contribution in [0.3, 0.4) is 0 Å². The lowest BCUT2D eigenvalue weighted by atomic mass is 9.97. The van der Waals surface area contributed by atoms with Crippen LogP contribution in [0.5, 0.6) is 0 Å². The van der Waals surface area contributed by atoms with E-state index in [1.165, 1.54) is 23.3 Å². The Hall–Kier alpha value is -2.98. The largest absolute Gasteiger partial charge is 0.465 e. The Bertz CT molecular complexity index is 1320. The molecule has 0 bridgehead atoms. The molecular formula is C28H40N6O3Si. The van der Waals surface area contributed by atoms with Gasteiger partial charge in [-0.15, -0.1) is 0 Å². The van der Waals surface area contributed by atoms with Gasteiger partial charge in [0.05, 0.1) is 16.9 Å². The minimum absolute atomic E-state index is 0.114. The van der Waals surface area contributed by atoms with Gasteiger partial charge in [-0.25, -0.2) is 19.4 Å². The molecule has 38 heavy (non-hydrogen) atoms. The standard InChI is InChI=1S/C28H40N6O3Si/c1-20-17-32(10-11-33(20)27(35)36)25-15-24(29-18-30-25)26-22-14-21(16-28(2)8-9-28)6-7-23(22)31-34(26)19-37-12-13-38(3,4)5/h6-7,14-15,18,20H,8-13,16-17,19H2,1-5H3,(H,35,36)/t20-/m0/s1. The second-order valence-electron chi connectivity index (χ2n) is 12.6. The first-order chi connectivity index (χ1) is 18.0. The van der Waals surface area contributed by atoms with Crippen molar-refractivity contribution in [2.45, 2.75) is 71.6 Å². The summed E-state index contributed by atoms with van der Waals surface area (Å²) in [7, 11) is -1.19. The molecule has 2 fully saturated rings. The van der Waals surface area contributed by atoms with E-state index < -0.39 is 14.2 Å². The zero-order chi connectivity index (χ0) is 27.1. The number of ether oxygens (including phenoxy) is 1. The highest BCUT2D eigenvalue weighted by Gasteiger charge is 2.37. The molecule has 0 radical (unpaired) electrons. The highest BCUT2D eigenvalue weighted by Crippen LogP contribution is 2.48. The van der Waals surface area contributed by atoms with E-state index in [9.17, 15) is 9.90 Å². The number of carbonyl (C=O) groups is 1. The first kappa shape index (κ1) is 26.6. The van der Waals surface area contributed by atoms with Gasteiger partial charge in [-0.2, -0.15) is 5.10 Å². The maximum absolute atomic E-state index is 11.5. The highest BCUT2D eigenvalue weighted by atomic mass is 28.3. The number of carboxylic acid groups (broad SMARTS) is 1. The van der Waals surface area contributed by atoms with Gasteiger partial charge in [0.25, 0.3) is 0 Å². The smallest absolute Gasteiger partial charge is 0.407 e. The van der Waals surface area contributed by atoms with E-state index in [0.717, 1.165) is 47.2 Å². The van der Waals surface area contributed by atoms with Crippen LogP contribution in [0.25, 0.3) is 22.3 Å². The first-order valence-electron chi connectivity index (χ1n) is 13.7. The molecule has 204 valence electrons. The summed E-state index contributed by atoms with van der Waals surface area (Å²) in [6, 6.07) is 9.59. The predicted octanol–water partition coefficient (Wildman–Crippen LogP) is 5.34. The number of aromatic nitrogens is 4. The summed E-state index contributed by atoms with van der Waals surface area (Å²) < 4.78 is 8.06. The number of hydrogen-bond acceptors (Lipinski definition) is 6. The van der Waals surface area contributed by atoms with E-state index in [2.05, 4.69) is 59.6 Å². The van der Waals surface area contributed by atoms with Crippen LogP contribution in [0.4, 0.5) is 10.6 Å². The lowest BCUT2D eigenvalue weighted by Crippen LogP contribution is -2.53. The molecule has 2 aliphatic rings. The van der Waals surface area contributed by atoms with E-state index in [1.54, 1.807) is 6.33 Å². The van der Waals surface area contributed by atoms with E-state index >= 15 is 0 Å². The maximum Gasteiger partial charge on any atom is 0.407 e. The Morgan fingerprint density at radius 3 is 2.66 bits per heavy atom. The Kier molecular flexibility index (Phi) is 7.21. The molecule has 5 rings (SSSR count). The van der Waals surface area contributed by atoms with Crippen molar-refractivity contribution in [3.63, 3.8) is 0 Å². The predicted molar refractivity (Wildman–Crippen MR) is 152 cm³/mol. The van der Waals surface area contributed by atoms with E-state index in [-0.39, 0.29) is 6.04 Å². The van der Waals surface area contributed by atoms with Gasteiger partial charge in [0.1, 0.15) is 18.9 Å². The summed E-state index contributed by atoms with van der Waals surface area (Å²) in [5.41, 5.74) is 4.42. The van der Waals surface area contributed by atoms with Crippen LogP contribution in [0.1, 0.15) is 32.3 Å². The molecule has 1 saturated carbocycles. The summed E-state index contributed by atoms with van der Waals surface area (Å²) in [5, 5.41) is 15.5. The Morgan fingerprint density at radius 2 is 1.97 bits per heavy atom. The van der Waals surface area contributed by atoms with Gasteiger partial charge in [-0.05, 0) is 55.3 Å². The maximum atomic E-state index is 11.5. The fraction of sp³-hybridized carbons (Fsp3) is 0.571. The van der Waals surface area contributed by atoms with E-state index in [0.29, 0.717) is 31.8 Å². The molecule has 1 N–H and O–H groups in total. The van der Waals surface area contributed by atoms with Crippen molar-refractivity contribution in [3.05, 3.63) is 36.2 Å². The lowest BCUT2D eigenvalue weighted by Gasteiger charge is -2.38. The van der Waals surface area contributed by atoms with Gasteiger partial charge >= 0.3 is 6.09 Å². The van der Waals surface area contributed by atoms with Crippen molar-refractivity contribution in [2.75, 3.05) is 31.1 Å². The third-order valence-electron chi connectivity index (χ3n) is 7.84. The summed E-state index contributed by atoms with van der Waals surface area (Å²) in [6.07, 6.45) is 4.36. The lowest BCUT2D eigenvalue weighted by molar-refractivity contribution is 0.0802. The Balaban J connectivity index is 1.47. The molecule has 10 heteroatoms. The molecule has 3 heterocycles. The number of nitrogens with zero attached hydrogens (tertiary/aromatic N) is 6. The van der Waals surface area contributed by atoms with Crippen molar-refractivity contribution >= 4 is 30.9 Å². The van der Waals surface area contributed by atoms with Gasteiger partial charge in [-0.3, -0.25) is 0 Å². The zero-order valence-corrected chi connectivity index (χ0v) is 24.3. The first-order valence-corrected chi connectivity index (χ1v) is 17.4. The summed E-state index contributed by atoms with van der Waals surface area (Å²) in [5.74, 6) is 0.800. The summed E-state index contributed by atoms with van der Waals surface area (Å²) in [6.45, 7) is 14.1. The average Bonchev–Trinajstić information content (AvgIpc) is 3.47. The molecule has 1 atom stereocenters. The molecule has 1 aliphatic carbocycles. The molecule has 1 aromatic carbocycles. The van der Waals surface area contributed by atoms with Crippen LogP contribution in [-0.2, 0) is 17.9 Å². The quantitative estimate of drug-likeness (QED) is 0.291. The second-order valence-corrected chi connectivity index (χ2v) is 18.2. The van der Waals surface area contributed by atoms with Crippen molar-refractivity contribution in [1.82, 2.24) is 24.6 Å². The van der Waals surface area contributed by atoms with Crippen molar-refractivity contribution in [3.8, 4) is 11.4 Å². The average molecular weight is 537 g/mol. The third-order valence-corrected chi connectivity index (χ3v) is 9.54. The van der Waals surface area contributed by atoms with Crippen LogP contribution in [0.2, 0.25) is 25.7 Å². The second kappa shape index (κ2) is 10.3. The highest BCUT2D eigenvalue weighted by molar-refractivity contribution is 6.76.